The minimum Gasteiger partial charge on any atom is -0.467 e. The van der Waals surface area contributed by atoms with Gasteiger partial charge in [-0.1, -0.05) is 30.3 Å². The third-order valence-corrected chi connectivity index (χ3v) is 4.38. The van der Waals surface area contributed by atoms with Gasteiger partial charge in [0.1, 0.15) is 5.76 Å². The van der Waals surface area contributed by atoms with Crippen molar-refractivity contribution in [2.45, 2.75) is 19.4 Å². The summed E-state index contributed by atoms with van der Waals surface area (Å²) in [6.07, 6.45) is 2.56. The predicted octanol–water partition coefficient (Wildman–Crippen LogP) is 4.34. The third-order valence-electron chi connectivity index (χ3n) is 4.38. The summed E-state index contributed by atoms with van der Waals surface area (Å²) >= 11 is 0. The van der Waals surface area contributed by atoms with E-state index in [9.17, 15) is 4.79 Å². The Morgan fingerprint density at radius 1 is 1.04 bits per heavy atom. The highest BCUT2D eigenvalue weighted by Crippen LogP contribution is 2.36. The molecule has 0 unspecified atom stereocenters. The molecule has 1 aliphatic rings. The summed E-state index contributed by atoms with van der Waals surface area (Å²) in [6, 6.07) is 17.8. The summed E-state index contributed by atoms with van der Waals surface area (Å²) in [5, 5.41) is 2.98. The number of hydrogen-bond acceptors (Lipinski definition) is 2. The van der Waals surface area contributed by atoms with Crippen LogP contribution in [0, 0.1) is 0 Å². The smallest absolute Gasteiger partial charge is 0.251 e. The quantitative estimate of drug-likeness (QED) is 0.611. The van der Waals surface area contributed by atoms with Crippen LogP contribution in [0.1, 0.15) is 40.2 Å². The summed E-state index contributed by atoms with van der Waals surface area (Å²) in [5.74, 6) is 0.672. The average molecular weight is 303 g/mol. The molecule has 0 saturated heterocycles. The summed E-state index contributed by atoms with van der Waals surface area (Å²) in [7, 11) is 0. The van der Waals surface area contributed by atoms with Crippen LogP contribution >= 0.6 is 0 Å². The van der Waals surface area contributed by atoms with E-state index in [0.717, 1.165) is 12.2 Å². The zero-order valence-electron chi connectivity index (χ0n) is 12.9. The molecule has 0 spiro atoms. The summed E-state index contributed by atoms with van der Waals surface area (Å²) in [4.78, 5) is 12.5. The van der Waals surface area contributed by atoms with Crippen LogP contribution in [0.25, 0.3) is 11.1 Å². The number of rotatable bonds is 3. The summed E-state index contributed by atoms with van der Waals surface area (Å²) < 4.78 is 5.34. The maximum Gasteiger partial charge on any atom is 0.251 e. The van der Waals surface area contributed by atoms with Gasteiger partial charge in [-0.2, -0.15) is 0 Å². The molecular weight excluding hydrogens is 286 g/mol. The molecule has 1 aromatic heterocycles. The van der Waals surface area contributed by atoms with Crippen LogP contribution in [-0.4, -0.2) is 5.91 Å². The van der Waals surface area contributed by atoms with E-state index in [1.807, 2.05) is 37.3 Å². The van der Waals surface area contributed by atoms with Crippen molar-refractivity contribution in [1.82, 2.24) is 5.32 Å². The van der Waals surface area contributed by atoms with E-state index in [1.165, 1.54) is 22.3 Å². The molecule has 114 valence electrons. The Kier molecular flexibility index (Phi) is 3.27. The van der Waals surface area contributed by atoms with Gasteiger partial charge in [0.2, 0.25) is 0 Å². The third kappa shape index (κ3) is 2.44. The molecule has 1 aliphatic carbocycles. The molecule has 0 fully saturated rings. The first-order chi connectivity index (χ1) is 11.2. The minimum absolute atomic E-state index is 0.0823. The lowest BCUT2D eigenvalue weighted by molar-refractivity contribution is 0.0935. The lowest BCUT2D eigenvalue weighted by Crippen LogP contribution is -2.26. The Balaban J connectivity index is 1.61. The van der Waals surface area contributed by atoms with Crippen molar-refractivity contribution in [3.63, 3.8) is 0 Å². The van der Waals surface area contributed by atoms with Crippen LogP contribution in [0.15, 0.2) is 65.3 Å². The Labute approximate surface area is 135 Å². The van der Waals surface area contributed by atoms with Crippen molar-refractivity contribution in [1.29, 1.82) is 0 Å². The number of carbonyl (C=O) groups is 1. The fourth-order valence-electron chi connectivity index (χ4n) is 3.15. The molecule has 0 bridgehead atoms. The van der Waals surface area contributed by atoms with E-state index >= 15 is 0 Å². The van der Waals surface area contributed by atoms with Gasteiger partial charge < -0.3 is 9.73 Å². The van der Waals surface area contributed by atoms with Crippen LogP contribution in [0.5, 0.6) is 0 Å². The normalized spacial score (nSPS) is 13.3. The molecule has 2 aromatic carbocycles. The highest BCUT2D eigenvalue weighted by Gasteiger charge is 2.20. The second kappa shape index (κ2) is 5.43. The van der Waals surface area contributed by atoms with Crippen LogP contribution in [0.4, 0.5) is 0 Å². The van der Waals surface area contributed by atoms with E-state index in [0.29, 0.717) is 5.56 Å². The van der Waals surface area contributed by atoms with Crippen molar-refractivity contribution in [3.05, 3.63) is 83.3 Å². The Bertz CT molecular complexity index is 865. The molecule has 0 aliphatic heterocycles. The number of benzene rings is 2. The second-order valence-electron chi connectivity index (χ2n) is 5.92. The molecule has 0 radical (unpaired) electrons. The average Bonchev–Trinajstić information content (AvgIpc) is 3.22. The molecule has 23 heavy (non-hydrogen) atoms. The summed E-state index contributed by atoms with van der Waals surface area (Å²) in [5.41, 5.74) is 5.68. The number of hydrogen-bond donors (Lipinski definition) is 1. The first-order valence-electron chi connectivity index (χ1n) is 7.78. The van der Waals surface area contributed by atoms with Gasteiger partial charge in [-0.05, 0) is 59.9 Å². The van der Waals surface area contributed by atoms with E-state index in [4.69, 9.17) is 4.42 Å². The Hall–Kier alpha value is -2.81. The fourth-order valence-corrected chi connectivity index (χ4v) is 3.15. The largest absolute Gasteiger partial charge is 0.467 e. The molecule has 3 nitrogen and oxygen atoms in total. The van der Waals surface area contributed by atoms with E-state index in [2.05, 4.69) is 29.6 Å². The number of carbonyl (C=O) groups excluding carboxylic acids is 1. The molecule has 1 N–H and O–H groups in total. The van der Waals surface area contributed by atoms with Gasteiger partial charge in [0, 0.05) is 5.56 Å². The topological polar surface area (TPSA) is 42.2 Å². The maximum atomic E-state index is 12.5. The number of amides is 1. The standard InChI is InChI=1S/C20H17NO2/c1-13(19-7-4-10-23-19)21-20(22)16-9-8-15-11-14-5-2-3-6-17(14)18(15)12-16/h2-10,12-13H,11H2,1H3,(H,21,22)/t13-/m0/s1. The number of nitrogens with one attached hydrogen (secondary N) is 1. The van der Waals surface area contributed by atoms with Crippen LogP contribution < -0.4 is 5.32 Å². The predicted molar refractivity (Wildman–Crippen MR) is 89.3 cm³/mol. The van der Waals surface area contributed by atoms with E-state index in [1.54, 1.807) is 6.26 Å². The summed E-state index contributed by atoms with van der Waals surface area (Å²) in [6.45, 7) is 1.92. The maximum absolute atomic E-state index is 12.5. The van der Waals surface area contributed by atoms with Gasteiger partial charge in [-0.15, -0.1) is 0 Å². The van der Waals surface area contributed by atoms with Gasteiger partial charge in [-0.25, -0.2) is 0 Å². The number of furan rings is 1. The van der Waals surface area contributed by atoms with Gasteiger partial charge in [0.25, 0.3) is 5.91 Å². The lowest BCUT2D eigenvalue weighted by atomic mass is 10.0. The first kappa shape index (κ1) is 13.8. The molecule has 1 atom stereocenters. The van der Waals surface area contributed by atoms with E-state index in [-0.39, 0.29) is 11.9 Å². The fraction of sp³-hybridized carbons (Fsp3) is 0.150. The highest BCUT2D eigenvalue weighted by atomic mass is 16.3. The molecular formula is C20H17NO2. The first-order valence-corrected chi connectivity index (χ1v) is 7.78. The monoisotopic (exact) mass is 303 g/mol. The zero-order chi connectivity index (χ0) is 15.8. The second-order valence-corrected chi connectivity index (χ2v) is 5.92. The SMILES string of the molecule is C[C@H](NC(=O)c1ccc2c(c1)-c1ccccc1C2)c1ccco1. The molecule has 0 saturated carbocycles. The van der Waals surface area contributed by atoms with Crippen LogP contribution in [-0.2, 0) is 6.42 Å². The van der Waals surface area contributed by atoms with Gasteiger partial charge in [0.15, 0.2) is 0 Å². The highest BCUT2D eigenvalue weighted by molar-refractivity contribution is 5.96. The zero-order valence-corrected chi connectivity index (χ0v) is 12.9. The Morgan fingerprint density at radius 3 is 2.70 bits per heavy atom. The molecule has 3 heteroatoms. The van der Waals surface area contributed by atoms with Gasteiger partial charge in [0.05, 0.1) is 12.3 Å². The van der Waals surface area contributed by atoms with Gasteiger partial charge >= 0.3 is 0 Å². The van der Waals surface area contributed by atoms with Gasteiger partial charge in [-0.3, -0.25) is 4.79 Å². The van der Waals surface area contributed by atoms with Crippen molar-refractivity contribution >= 4 is 5.91 Å². The van der Waals surface area contributed by atoms with Crippen LogP contribution in [0.2, 0.25) is 0 Å². The molecule has 3 aromatic rings. The number of fused-ring (bicyclic) bond motifs is 3. The van der Waals surface area contributed by atoms with E-state index < -0.39 is 0 Å². The van der Waals surface area contributed by atoms with Crippen molar-refractivity contribution < 1.29 is 9.21 Å². The van der Waals surface area contributed by atoms with Crippen molar-refractivity contribution in [2.24, 2.45) is 0 Å². The van der Waals surface area contributed by atoms with Crippen molar-refractivity contribution in [3.8, 4) is 11.1 Å². The van der Waals surface area contributed by atoms with Crippen molar-refractivity contribution in [2.75, 3.05) is 0 Å². The minimum atomic E-state index is -0.155. The lowest BCUT2D eigenvalue weighted by Gasteiger charge is -2.12. The Morgan fingerprint density at radius 2 is 1.87 bits per heavy atom. The molecule has 4 rings (SSSR count). The van der Waals surface area contributed by atoms with Crippen LogP contribution in [0.3, 0.4) is 0 Å². The molecule has 1 heterocycles. The molecule has 1 amide bonds.